The monoisotopic (exact) mass is 815 g/mol. The molecule has 64 heavy (non-hydrogen) atoms. The molecule has 13 rings (SSSR count). The minimum absolute atomic E-state index is 0.575. The number of fused-ring (bicyclic) bond motifs is 8. The number of hydrogen-bond donors (Lipinski definition) is 0. The molecule has 0 fully saturated rings. The van der Waals surface area contributed by atoms with Gasteiger partial charge in [-0.15, -0.1) is 0 Å². The number of para-hydroxylation sites is 2. The molecule has 0 amide bonds. The molecule has 5 nitrogen and oxygen atoms in total. The summed E-state index contributed by atoms with van der Waals surface area (Å²) in [5, 5.41) is 9.33. The fourth-order valence-electron chi connectivity index (χ4n) is 9.63. The van der Waals surface area contributed by atoms with Crippen LogP contribution in [-0.2, 0) is 0 Å². The SMILES string of the molecule is c1ccc(-c2cccc(-n3c4ccccc4c4cc(-c5ccc6c(c5)c5ccccc5n6-c5nc(-c6ccc7ccccc7c6)nc(-c6ccc7ccccc7c6)n5)ccc43)c2)cc1. The quantitative estimate of drug-likeness (QED) is 0.168. The van der Waals surface area contributed by atoms with E-state index >= 15 is 0 Å². The summed E-state index contributed by atoms with van der Waals surface area (Å²) in [5.41, 5.74) is 12.1. The lowest BCUT2D eigenvalue weighted by atomic mass is 10.0. The van der Waals surface area contributed by atoms with E-state index in [0.29, 0.717) is 17.6 Å². The van der Waals surface area contributed by atoms with Crippen LogP contribution in [0.2, 0.25) is 0 Å². The topological polar surface area (TPSA) is 48.5 Å². The van der Waals surface area contributed by atoms with Gasteiger partial charge >= 0.3 is 0 Å². The third-order valence-electron chi connectivity index (χ3n) is 12.7. The van der Waals surface area contributed by atoms with Gasteiger partial charge in [0.05, 0.1) is 22.1 Å². The van der Waals surface area contributed by atoms with E-state index in [2.05, 4.69) is 234 Å². The molecular formula is C59H37N5. The van der Waals surface area contributed by atoms with Gasteiger partial charge in [0.2, 0.25) is 5.95 Å². The van der Waals surface area contributed by atoms with Crippen molar-refractivity contribution in [3.05, 3.63) is 224 Å². The Hall–Kier alpha value is -8.67. The first-order valence-corrected chi connectivity index (χ1v) is 21.7. The minimum Gasteiger partial charge on any atom is -0.309 e. The highest BCUT2D eigenvalue weighted by Gasteiger charge is 2.20. The molecule has 13 aromatic rings. The first-order chi connectivity index (χ1) is 31.7. The Morgan fingerprint density at radius 2 is 0.703 bits per heavy atom. The van der Waals surface area contributed by atoms with E-state index in [1.54, 1.807) is 0 Å². The lowest BCUT2D eigenvalue weighted by Gasteiger charge is -2.12. The second kappa shape index (κ2) is 14.5. The van der Waals surface area contributed by atoms with Crippen LogP contribution in [0.25, 0.3) is 122 Å². The maximum absolute atomic E-state index is 5.27. The molecule has 0 unspecified atom stereocenters. The molecule has 5 heteroatoms. The van der Waals surface area contributed by atoms with Gasteiger partial charge in [-0.05, 0) is 104 Å². The predicted molar refractivity (Wildman–Crippen MR) is 265 cm³/mol. The fourth-order valence-corrected chi connectivity index (χ4v) is 9.63. The van der Waals surface area contributed by atoms with Gasteiger partial charge in [0, 0.05) is 38.4 Å². The van der Waals surface area contributed by atoms with Crippen LogP contribution in [0.15, 0.2) is 224 Å². The molecule has 298 valence electrons. The van der Waals surface area contributed by atoms with Crippen LogP contribution in [0.3, 0.4) is 0 Å². The summed E-state index contributed by atoms with van der Waals surface area (Å²) in [5.74, 6) is 1.83. The Labute approximate surface area is 368 Å². The molecule has 0 saturated carbocycles. The molecule has 0 saturated heterocycles. The van der Waals surface area contributed by atoms with E-state index in [-0.39, 0.29) is 0 Å². The first-order valence-electron chi connectivity index (χ1n) is 21.7. The Morgan fingerprint density at radius 1 is 0.250 bits per heavy atom. The average molecular weight is 816 g/mol. The van der Waals surface area contributed by atoms with Crippen LogP contribution < -0.4 is 0 Å². The maximum Gasteiger partial charge on any atom is 0.238 e. The molecule has 0 aliphatic heterocycles. The van der Waals surface area contributed by atoms with Crippen molar-refractivity contribution in [1.29, 1.82) is 0 Å². The van der Waals surface area contributed by atoms with Crippen molar-refractivity contribution in [3.63, 3.8) is 0 Å². The molecule has 0 atom stereocenters. The molecule has 0 N–H and O–H groups in total. The highest BCUT2D eigenvalue weighted by Crippen LogP contribution is 2.39. The van der Waals surface area contributed by atoms with Gasteiger partial charge < -0.3 is 4.57 Å². The second-order valence-electron chi connectivity index (χ2n) is 16.5. The van der Waals surface area contributed by atoms with Crippen LogP contribution in [0.5, 0.6) is 0 Å². The van der Waals surface area contributed by atoms with E-state index in [1.165, 1.54) is 43.7 Å². The van der Waals surface area contributed by atoms with Crippen molar-refractivity contribution in [2.45, 2.75) is 0 Å². The smallest absolute Gasteiger partial charge is 0.238 e. The molecule has 0 radical (unpaired) electrons. The second-order valence-corrected chi connectivity index (χ2v) is 16.5. The molecule has 0 aliphatic rings. The number of benzene rings is 10. The number of hydrogen-bond acceptors (Lipinski definition) is 3. The van der Waals surface area contributed by atoms with Crippen LogP contribution in [0.4, 0.5) is 0 Å². The van der Waals surface area contributed by atoms with E-state index in [0.717, 1.165) is 60.5 Å². The Bertz CT molecular complexity index is 3870. The summed E-state index contributed by atoms with van der Waals surface area (Å²) in [6.45, 7) is 0. The van der Waals surface area contributed by atoms with Gasteiger partial charge in [0.15, 0.2) is 11.6 Å². The van der Waals surface area contributed by atoms with Gasteiger partial charge in [0.1, 0.15) is 0 Å². The molecule has 10 aromatic carbocycles. The van der Waals surface area contributed by atoms with E-state index in [1.807, 2.05) is 0 Å². The lowest BCUT2D eigenvalue weighted by Crippen LogP contribution is -2.06. The summed E-state index contributed by atoms with van der Waals surface area (Å²) >= 11 is 0. The zero-order valence-corrected chi connectivity index (χ0v) is 34.6. The zero-order chi connectivity index (χ0) is 42.1. The Kier molecular flexibility index (Phi) is 8.15. The molecular weight excluding hydrogens is 779 g/mol. The highest BCUT2D eigenvalue weighted by molar-refractivity contribution is 6.12. The van der Waals surface area contributed by atoms with Crippen molar-refractivity contribution in [3.8, 4) is 56.7 Å². The van der Waals surface area contributed by atoms with Crippen molar-refractivity contribution >= 4 is 65.2 Å². The van der Waals surface area contributed by atoms with E-state index < -0.39 is 0 Å². The summed E-state index contributed by atoms with van der Waals surface area (Å²) in [7, 11) is 0. The summed E-state index contributed by atoms with van der Waals surface area (Å²) < 4.78 is 4.59. The minimum atomic E-state index is 0.575. The largest absolute Gasteiger partial charge is 0.309 e. The van der Waals surface area contributed by atoms with Gasteiger partial charge in [0.25, 0.3) is 0 Å². The Balaban J connectivity index is 0.973. The Morgan fingerprint density at radius 3 is 1.31 bits per heavy atom. The van der Waals surface area contributed by atoms with Crippen LogP contribution in [-0.4, -0.2) is 24.1 Å². The van der Waals surface area contributed by atoms with Crippen LogP contribution >= 0.6 is 0 Å². The van der Waals surface area contributed by atoms with Crippen LogP contribution in [0.1, 0.15) is 0 Å². The van der Waals surface area contributed by atoms with Crippen molar-refractivity contribution in [2.75, 3.05) is 0 Å². The maximum atomic E-state index is 5.27. The number of nitrogens with zero attached hydrogens (tertiary/aromatic N) is 5. The fraction of sp³-hybridized carbons (Fsp3) is 0. The molecule has 3 aromatic heterocycles. The zero-order valence-electron chi connectivity index (χ0n) is 34.6. The lowest BCUT2D eigenvalue weighted by molar-refractivity contribution is 0.954. The van der Waals surface area contributed by atoms with Crippen LogP contribution in [0, 0.1) is 0 Å². The molecule has 0 spiro atoms. The molecule has 0 bridgehead atoms. The first kappa shape index (κ1) is 36.0. The summed E-state index contributed by atoms with van der Waals surface area (Å²) in [4.78, 5) is 15.7. The van der Waals surface area contributed by atoms with E-state index in [9.17, 15) is 0 Å². The van der Waals surface area contributed by atoms with E-state index in [4.69, 9.17) is 15.0 Å². The summed E-state index contributed by atoms with van der Waals surface area (Å²) in [6.07, 6.45) is 0. The third kappa shape index (κ3) is 5.90. The molecule has 3 heterocycles. The number of aromatic nitrogens is 5. The number of rotatable bonds is 6. The standard InChI is InChI=1S/C59H37N5/c1-2-13-38(14-3-1)43-19-12-20-48(35-43)63-53-23-10-8-21-49(53)51-36-44(29-31-55(51)63)45-30-32-56-52(37-45)50-22-9-11-24-54(50)64(56)59-61-57(46-27-25-39-15-4-6-17-41(39)33-46)60-58(62-59)47-28-26-40-16-5-7-18-42(40)34-47/h1-37H. The summed E-state index contributed by atoms with van der Waals surface area (Å²) in [6, 6.07) is 80.1. The van der Waals surface area contributed by atoms with Crippen molar-refractivity contribution in [1.82, 2.24) is 24.1 Å². The predicted octanol–water partition coefficient (Wildman–Crippen LogP) is 15.0. The molecule has 0 aliphatic carbocycles. The third-order valence-corrected chi connectivity index (χ3v) is 12.7. The van der Waals surface area contributed by atoms with Crippen molar-refractivity contribution in [2.24, 2.45) is 0 Å². The van der Waals surface area contributed by atoms with Crippen molar-refractivity contribution < 1.29 is 0 Å². The normalized spacial score (nSPS) is 11.8. The van der Waals surface area contributed by atoms with Gasteiger partial charge in [-0.3, -0.25) is 4.57 Å². The van der Waals surface area contributed by atoms with Gasteiger partial charge in [-0.25, -0.2) is 4.98 Å². The average Bonchev–Trinajstić information content (AvgIpc) is 3.88. The van der Waals surface area contributed by atoms with Gasteiger partial charge in [-0.2, -0.15) is 9.97 Å². The van der Waals surface area contributed by atoms with Gasteiger partial charge in [-0.1, -0.05) is 164 Å². The highest BCUT2D eigenvalue weighted by atomic mass is 15.2.